The van der Waals surface area contributed by atoms with E-state index >= 15 is 0 Å². The van der Waals surface area contributed by atoms with Crippen molar-refractivity contribution in [3.63, 3.8) is 0 Å². The van der Waals surface area contributed by atoms with Crippen LogP contribution in [-0.4, -0.2) is 23.0 Å². The zero-order valence-corrected chi connectivity index (χ0v) is 7.87. The van der Waals surface area contributed by atoms with E-state index in [0.29, 0.717) is 6.04 Å². The van der Waals surface area contributed by atoms with E-state index in [4.69, 9.17) is 12.2 Å². The summed E-state index contributed by atoms with van der Waals surface area (Å²) in [5.41, 5.74) is 2.77. The highest BCUT2D eigenvalue weighted by molar-refractivity contribution is 7.78. The van der Waals surface area contributed by atoms with Gasteiger partial charge in [-0.3, -0.25) is 0 Å². The monoisotopic (exact) mass is 158 g/mol. The Bertz CT molecular complexity index is 93.3. The van der Waals surface area contributed by atoms with Crippen LogP contribution in [0.1, 0.15) is 33.6 Å². The highest BCUT2D eigenvalue weighted by Gasteiger charge is 2.05. The fraction of sp³-hybridized carbons (Fsp3) is 0.875. The lowest BCUT2D eigenvalue weighted by Crippen LogP contribution is -2.31. The van der Waals surface area contributed by atoms with Crippen LogP contribution in [0.2, 0.25) is 0 Å². The molecule has 0 bridgehead atoms. The molecule has 0 amide bonds. The molecule has 10 heavy (non-hydrogen) atoms. The third-order valence-corrected chi connectivity index (χ3v) is 1.94. The summed E-state index contributed by atoms with van der Waals surface area (Å²) >= 11 is 4.76. The van der Waals surface area contributed by atoms with E-state index in [9.17, 15) is 0 Å². The van der Waals surface area contributed by atoms with Crippen LogP contribution in [0, 0.1) is 0 Å². The molecular formula is C8H16NS. The van der Waals surface area contributed by atoms with Gasteiger partial charge in [0.15, 0.2) is 0 Å². The molecule has 0 fully saturated rings. The summed E-state index contributed by atoms with van der Waals surface area (Å²) in [5.74, 6) is 0. The normalized spacial score (nSPS) is 12.7. The Morgan fingerprint density at radius 2 is 2.10 bits per heavy atom. The Balaban J connectivity index is 3.67. The molecule has 2 heteroatoms. The third kappa shape index (κ3) is 3.16. The van der Waals surface area contributed by atoms with Crippen molar-refractivity contribution >= 4 is 17.7 Å². The number of hydrogen-bond donors (Lipinski definition) is 0. The number of rotatable bonds is 5. The van der Waals surface area contributed by atoms with Crippen molar-refractivity contribution in [1.82, 2.24) is 4.90 Å². The molecule has 59 valence electrons. The predicted molar refractivity (Wildman–Crippen MR) is 49.3 cm³/mol. The average molecular weight is 158 g/mol. The van der Waals surface area contributed by atoms with Crippen molar-refractivity contribution in [2.24, 2.45) is 0 Å². The molecule has 0 saturated carbocycles. The van der Waals surface area contributed by atoms with Crippen LogP contribution < -0.4 is 0 Å². The highest BCUT2D eigenvalue weighted by atomic mass is 32.1. The highest BCUT2D eigenvalue weighted by Crippen LogP contribution is 2.01. The minimum Gasteiger partial charge on any atom is -0.358 e. The zero-order valence-electron chi connectivity index (χ0n) is 7.05. The molecule has 0 saturated heterocycles. The van der Waals surface area contributed by atoms with E-state index in [2.05, 4.69) is 31.2 Å². The van der Waals surface area contributed by atoms with Crippen LogP contribution >= 0.6 is 12.2 Å². The molecule has 0 spiro atoms. The Kier molecular flexibility index (Phi) is 5.60. The van der Waals surface area contributed by atoms with Gasteiger partial charge in [-0.2, -0.15) is 0 Å². The lowest BCUT2D eigenvalue weighted by molar-refractivity contribution is 0.336. The third-order valence-electron chi connectivity index (χ3n) is 1.70. The van der Waals surface area contributed by atoms with Crippen LogP contribution in [0.3, 0.4) is 0 Å². The summed E-state index contributed by atoms with van der Waals surface area (Å²) in [6, 6.07) is 0.553. The van der Waals surface area contributed by atoms with Crippen molar-refractivity contribution in [2.75, 3.05) is 6.54 Å². The molecule has 0 aromatic rings. The quantitative estimate of drug-likeness (QED) is 0.446. The zero-order chi connectivity index (χ0) is 7.98. The van der Waals surface area contributed by atoms with Crippen molar-refractivity contribution in [1.29, 1.82) is 0 Å². The first kappa shape index (κ1) is 9.89. The first-order chi connectivity index (χ1) is 4.76. The summed E-state index contributed by atoms with van der Waals surface area (Å²) in [4.78, 5) is 2.09. The number of thiocarbonyl (C=S) groups is 1. The van der Waals surface area contributed by atoms with Crippen LogP contribution in [-0.2, 0) is 0 Å². The number of nitrogens with zero attached hydrogens (tertiary/aromatic N) is 1. The summed E-state index contributed by atoms with van der Waals surface area (Å²) in [7, 11) is 0. The lowest BCUT2D eigenvalue weighted by atomic mass is 10.2. The van der Waals surface area contributed by atoms with E-state index in [1.807, 2.05) is 0 Å². The molecule has 0 aliphatic rings. The van der Waals surface area contributed by atoms with Crippen LogP contribution in [0.5, 0.6) is 0 Å². The average Bonchev–Trinajstić information content (AvgIpc) is 1.99. The van der Waals surface area contributed by atoms with Gasteiger partial charge >= 0.3 is 0 Å². The Labute approximate surface area is 69.4 Å². The van der Waals surface area contributed by atoms with E-state index in [1.165, 1.54) is 0 Å². The molecule has 0 aromatic carbocycles. The molecule has 1 atom stereocenters. The fourth-order valence-corrected chi connectivity index (χ4v) is 1.09. The summed E-state index contributed by atoms with van der Waals surface area (Å²) in [6.07, 6.45) is 2.29. The molecule has 0 N–H and O–H groups in total. The molecule has 1 unspecified atom stereocenters. The van der Waals surface area contributed by atoms with Gasteiger partial charge in [0, 0.05) is 12.6 Å². The van der Waals surface area contributed by atoms with Crippen LogP contribution in [0.25, 0.3) is 0 Å². The lowest BCUT2D eigenvalue weighted by Gasteiger charge is -2.23. The van der Waals surface area contributed by atoms with Gasteiger partial charge in [0.2, 0.25) is 0 Å². The van der Waals surface area contributed by atoms with Gasteiger partial charge in [0.05, 0.1) is 0 Å². The van der Waals surface area contributed by atoms with E-state index in [1.54, 1.807) is 0 Å². The maximum Gasteiger partial charge on any atom is 0.137 e. The van der Waals surface area contributed by atoms with E-state index in [0.717, 1.165) is 19.4 Å². The Hall–Kier alpha value is -0.110. The van der Waals surface area contributed by atoms with Gasteiger partial charge in [0.25, 0.3) is 0 Å². The maximum absolute atomic E-state index is 4.76. The molecule has 0 aromatic heterocycles. The van der Waals surface area contributed by atoms with Gasteiger partial charge < -0.3 is 4.90 Å². The molecule has 1 radical (unpaired) electrons. The van der Waals surface area contributed by atoms with Crippen LogP contribution in [0.15, 0.2) is 0 Å². The van der Waals surface area contributed by atoms with Crippen LogP contribution in [0.4, 0.5) is 0 Å². The predicted octanol–water partition coefficient (Wildman–Crippen LogP) is 2.33. The first-order valence-electron chi connectivity index (χ1n) is 3.90. The second-order valence-corrected chi connectivity index (χ2v) is 2.72. The fourth-order valence-electron chi connectivity index (χ4n) is 0.817. The second-order valence-electron chi connectivity index (χ2n) is 2.54. The molecule has 0 rings (SSSR count). The Morgan fingerprint density at radius 1 is 1.50 bits per heavy atom. The minimum atomic E-state index is 0.553. The maximum atomic E-state index is 4.76. The van der Waals surface area contributed by atoms with E-state index < -0.39 is 0 Å². The van der Waals surface area contributed by atoms with Gasteiger partial charge in [-0.1, -0.05) is 26.1 Å². The Morgan fingerprint density at radius 3 is 2.40 bits per heavy atom. The first-order valence-corrected chi connectivity index (χ1v) is 4.31. The second kappa shape index (κ2) is 5.66. The largest absolute Gasteiger partial charge is 0.358 e. The summed E-state index contributed by atoms with van der Waals surface area (Å²) in [5, 5.41) is 0. The SMILES string of the molecule is CCCN([C]=S)C(C)CC. The van der Waals surface area contributed by atoms with Gasteiger partial charge in [0.1, 0.15) is 5.49 Å². The topological polar surface area (TPSA) is 3.24 Å². The van der Waals surface area contributed by atoms with Gasteiger partial charge in [-0.25, -0.2) is 0 Å². The standard InChI is InChI=1S/C8H16NS/c1-4-6-9(7-10)8(3)5-2/h8H,4-6H2,1-3H3. The van der Waals surface area contributed by atoms with Gasteiger partial charge in [-0.15, -0.1) is 0 Å². The molecule has 0 heterocycles. The van der Waals surface area contributed by atoms with E-state index in [-0.39, 0.29) is 0 Å². The molecule has 0 aliphatic heterocycles. The number of hydrogen-bond acceptors (Lipinski definition) is 1. The summed E-state index contributed by atoms with van der Waals surface area (Å²) in [6.45, 7) is 7.54. The van der Waals surface area contributed by atoms with Crippen molar-refractivity contribution in [3.8, 4) is 0 Å². The molecule has 1 nitrogen and oxygen atoms in total. The van der Waals surface area contributed by atoms with Crippen molar-refractivity contribution < 1.29 is 0 Å². The smallest absolute Gasteiger partial charge is 0.137 e. The van der Waals surface area contributed by atoms with Crippen molar-refractivity contribution in [3.05, 3.63) is 0 Å². The van der Waals surface area contributed by atoms with Gasteiger partial charge in [-0.05, 0) is 19.8 Å². The molecular weight excluding hydrogens is 142 g/mol. The molecule has 0 aliphatic carbocycles. The van der Waals surface area contributed by atoms with Crippen molar-refractivity contribution in [2.45, 2.75) is 39.7 Å². The summed E-state index contributed by atoms with van der Waals surface area (Å²) < 4.78 is 0. The minimum absolute atomic E-state index is 0.553.